The average molecular weight is 252 g/mol. The molecule has 1 aromatic rings. The molecule has 0 heterocycles. The van der Waals surface area contributed by atoms with Crippen LogP contribution < -0.4 is 0 Å². The Kier molecular flexibility index (Phi) is 5.08. The molecule has 0 saturated heterocycles. The van der Waals surface area contributed by atoms with Crippen molar-refractivity contribution in [3.05, 3.63) is 42.0 Å². The van der Waals surface area contributed by atoms with Crippen molar-refractivity contribution in [2.24, 2.45) is 0 Å². The van der Waals surface area contributed by atoms with Gasteiger partial charge in [-0.3, -0.25) is 0 Å². The van der Waals surface area contributed by atoms with E-state index in [4.69, 9.17) is 13.3 Å². The molecule has 0 bridgehead atoms. The second-order valence-electron chi connectivity index (χ2n) is 3.44. The zero-order chi connectivity index (χ0) is 12.7. The van der Waals surface area contributed by atoms with Gasteiger partial charge in [-0.15, -0.1) is 0 Å². The topological polar surface area (TPSA) is 44.8 Å². The van der Waals surface area contributed by atoms with Gasteiger partial charge in [-0.1, -0.05) is 30.3 Å². The molecule has 1 rings (SSSR count). The minimum atomic E-state index is -2.80. The predicted octanol–water partition coefficient (Wildman–Crippen LogP) is 2.10. The van der Waals surface area contributed by atoms with Gasteiger partial charge in [-0.25, -0.2) is 4.79 Å². The van der Waals surface area contributed by atoms with E-state index in [1.165, 1.54) is 20.3 Å². The first kappa shape index (κ1) is 13.6. The van der Waals surface area contributed by atoms with Crippen LogP contribution in [-0.2, 0) is 18.1 Å². The minimum absolute atomic E-state index is 0.466. The molecule has 1 aromatic carbocycles. The summed E-state index contributed by atoms with van der Waals surface area (Å²) in [6.45, 7) is 1.65. The minimum Gasteiger partial charge on any atom is -0.470 e. The first-order valence-corrected chi connectivity index (χ1v) is 7.38. The molecule has 92 valence electrons. The van der Waals surface area contributed by atoms with Gasteiger partial charge in [0.15, 0.2) is 0 Å². The number of benzene rings is 1. The van der Waals surface area contributed by atoms with Crippen LogP contribution in [0.3, 0.4) is 0 Å². The summed E-state index contributed by atoms with van der Waals surface area (Å²) in [6.07, 6.45) is 3.04. The highest BCUT2D eigenvalue weighted by atomic mass is 28.4. The predicted molar refractivity (Wildman–Crippen MR) is 67.2 cm³/mol. The molecule has 0 aliphatic rings. The molecular formula is C12H16O4Si. The van der Waals surface area contributed by atoms with E-state index in [-0.39, 0.29) is 0 Å². The molecule has 0 aliphatic carbocycles. The molecule has 4 nitrogen and oxygen atoms in total. The Balaban J connectivity index is 2.59. The fourth-order valence-corrected chi connectivity index (χ4v) is 1.88. The maximum atomic E-state index is 11.5. The van der Waals surface area contributed by atoms with Gasteiger partial charge in [0.2, 0.25) is 0 Å². The Hall–Kier alpha value is -1.43. The van der Waals surface area contributed by atoms with Crippen molar-refractivity contribution in [3.8, 4) is 0 Å². The van der Waals surface area contributed by atoms with E-state index in [1.807, 2.05) is 30.3 Å². The summed E-state index contributed by atoms with van der Waals surface area (Å²) in [5.74, 6) is -0.466. The Labute approximate surface area is 102 Å². The quantitative estimate of drug-likeness (QED) is 0.594. The fourth-order valence-electron chi connectivity index (χ4n) is 1.11. The maximum Gasteiger partial charge on any atom is 0.564 e. The van der Waals surface area contributed by atoms with E-state index in [9.17, 15) is 4.79 Å². The largest absolute Gasteiger partial charge is 0.564 e. The molecule has 0 aliphatic heterocycles. The summed E-state index contributed by atoms with van der Waals surface area (Å²) >= 11 is 0. The monoisotopic (exact) mass is 252 g/mol. The van der Waals surface area contributed by atoms with Crippen molar-refractivity contribution in [3.63, 3.8) is 0 Å². The average Bonchev–Trinajstić information content (AvgIpc) is 2.37. The second-order valence-corrected chi connectivity index (χ2v) is 6.18. The third kappa shape index (κ3) is 4.52. The van der Waals surface area contributed by atoms with Gasteiger partial charge < -0.3 is 13.3 Å². The SMILES string of the molecule is CO[Si](C)(OC)OC(=O)/C=C/c1ccccc1. The molecule has 0 spiro atoms. The molecule has 0 N–H and O–H groups in total. The molecule has 0 atom stereocenters. The molecule has 0 saturated carbocycles. The number of hydrogen-bond acceptors (Lipinski definition) is 4. The van der Waals surface area contributed by atoms with Crippen LogP contribution in [0.1, 0.15) is 5.56 Å². The molecule has 0 unspecified atom stereocenters. The van der Waals surface area contributed by atoms with Crippen molar-refractivity contribution >= 4 is 20.8 Å². The summed E-state index contributed by atoms with van der Waals surface area (Å²) in [5.41, 5.74) is 0.933. The molecule has 0 radical (unpaired) electrons. The lowest BCUT2D eigenvalue weighted by Gasteiger charge is -2.20. The van der Waals surface area contributed by atoms with Crippen molar-refractivity contribution in [2.75, 3.05) is 14.2 Å². The zero-order valence-electron chi connectivity index (χ0n) is 10.2. The normalized spacial score (nSPS) is 11.7. The molecular weight excluding hydrogens is 236 g/mol. The summed E-state index contributed by atoms with van der Waals surface area (Å²) < 4.78 is 15.2. The number of rotatable bonds is 5. The van der Waals surface area contributed by atoms with Crippen LogP contribution in [0.4, 0.5) is 0 Å². The van der Waals surface area contributed by atoms with Gasteiger partial charge in [-0.05, 0) is 11.6 Å². The lowest BCUT2D eigenvalue weighted by Crippen LogP contribution is -2.41. The van der Waals surface area contributed by atoms with Gasteiger partial charge >= 0.3 is 14.8 Å². The molecule has 0 fully saturated rings. The molecule has 0 amide bonds. The van der Waals surface area contributed by atoms with Gasteiger partial charge in [0.1, 0.15) is 0 Å². The molecule has 5 heteroatoms. The van der Waals surface area contributed by atoms with E-state index in [1.54, 1.807) is 12.6 Å². The van der Waals surface area contributed by atoms with E-state index in [2.05, 4.69) is 0 Å². The van der Waals surface area contributed by atoms with Crippen LogP contribution in [-0.4, -0.2) is 29.0 Å². The first-order valence-electron chi connectivity index (χ1n) is 5.16. The van der Waals surface area contributed by atoms with Crippen molar-refractivity contribution in [1.29, 1.82) is 0 Å². The van der Waals surface area contributed by atoms with Gasteiger partial charge in [0, 0.05) is 26.8 Å². The van der Waals surface area contributed by atoms with Crippen LogP contribution in [0.25, 0.3) is 6.08 Å². The third-order valence-corrected chi connectivity index (χ3v) is 4.29. The van der Waals surface area contributed by atoms with E-state index in [0.717, 1.165) is 5.56 Å². The lowest BCUT2D eigenvalue weighted by molar-refractivity contribution is -0.132. The highest BCUT2D eigenvalue weighted by molar-refractivity contribution is 6.61. The Bertz CT molecular complexity index is 385. The van der Waals surface area contributed by atoms with Crippen LogP contribution in [0.5, 0.6) is 0 Å². The van der Waals surface area contributed by atoms with E-state index >= 15 is 0 Å². The van der Waals surface area contributed by atoms with E-state index < -0.39 is 14.8 Å². The van der Waals surface area contributed by atoms with Crippen LogP contribution in [0.15, 0.2) is 36.4 Å². The maximum absolute atomic E-state index is 11.5. The van der Waals surface area contributed by atoms with Crippen molar-refractivity contribution in [1.82, 2.24) is 0 Å². The Morgan fingerprint density at radius 2 is 1.76 bits per heavy atom. The number of carbonyl (C=O) groups is 1. The highest BCUT2D eigenvalue weighted by Crippen LogP contribution is 2.08. The van der Waals surface area contributed by atoms with Crippen molar-refractivity contribution in [2.45, 2.75) is 6.55 Å². The Morgan fingerprint density at radius 1 is 1.18 bits per heavy atom. The van der Waals surface area contributed by atoms with Crippen molar-refractivity contribution < 1.29 is 18.1 Å². The second kappa shape index (κ2) is 6.34. The summed E-state index contributed by atoms with van der Waals surface area (Å²) in [6, 6.07) is 9.50. The number of carbonyl (C=O) groups excluding carboxylic acids is 1. The zero-order valence-corrected chi connectivity index (χ0v) is 11.2. The summed E-state index contributed by atoms with van der Waals surface area (Å²) in [4.78, 5) is 11.5. The van der Waals surface area contributed by atoms with Gasteiger partial charge in [0.25, 0.3) is 0 Å². The first-order chi connectivity index (χ1) is 8.09. The lowest BCUT2D eigenvalue weighted by atomic mass is 10.2. The number of hydrogen-bond donors (Lipinski definition) is 0. The van der Waals surface area contributed by atoms with Gasteiger partial charge in [0.05, 0.1) is 0 Å². The fraction of sp³-hybridized carbons (Fsp3) is 0.250. The summed E-state index contributed by atoms with van der Waals surface area (Å²) in [5, 5.41) is 0. The van der Waals surface area contributed by atoms with E-state index in [0.29, 0.717) is 0 Å². The standard InChI is InChI=1S/C12H16O4Si/c1-14-17(3,15-2)16-12(13)10-9-11-7-5-4-6-8-11/h4-10H,1-3H3/b10-9+. The third-order valence-electron chi connectivity index (χ3n) is 2.24. The van der Waals surface area contributed by atoms with Crippen LogP contribution >= 0.6 is 0 Å². The highest BCUT2D eigenvalue weighted by Gasteiger charge is 2.35. The van der Waals surface area contributed by atoms with Crippen LogP contribution in [0, 0.1) is 0 Å². The van der Waals surface area contributed by atoms with Crippen LogP contribution in [0.2, 0.25) is 6.55 Å². The Morgan fingerprint density at radius 3 is 2.29 bits per heavy atom. The summed E-state index contributed by atoms with van der Waals surface area (Å²) in [7, 11) is 0.125. The molecule has 0 aromatic heterocycles. The molecule has 17 heavy (non-hydrogen) atoms. The smallest absolute Gasteiger partial charge is 0.470 e. The van der Waals surface area contributed by atoms with Gasteiger partial charge in [-0.2, -0.15) is 0 Å².